The summed E-state index contributed by atoms with van der Waals surface area (Å²) in [4.78, 5) is 17.7. The average molecular weight is 519 g/mol. The van der Waals surface area contributed by atoms with Gasteiger partial charge in [-0.15, -0.1) is 10.2 Å². The van der Waals surface area contributed by atoms with Gasteiger partial charge in [-0.05, 0) is 61.1 Å². The first-order valence-electron chi connectivity index (χ1n) is 13.1. The van der Waals surface area contributed by atoms with Gasteiger partial charge in [0, 0.05) is 23.0 Å². The highest BCUT2D eigenvalue weighted by atomic mass is 16.5. The number of hydrogen-bond donors (Lipinski definition) is 0. The normalized spacial score (nSPS) is 14.8. The summed E-state index contributed by atoms with van der Waals surface area (Å²) >= 11 is 0. The van der Waals surface area contributed by atoms with Gasteiger partial charge in [-0.1, -0.05) is 24.3 Å². The number of rotatable bonds is 8. The lowest BCUT2D eigenvalue weighted by molar-refractivity contribution is 0.397. The summed E-state index contributed by atoms with van der Waals surface area (Å²) in [6.07, 6.45) is 7.73. The lowest BCUT2D eigenvalue weighted by Gasteiger charge is -2.12. The second kappa shape index (κ2) is 9.58. The lowest BCUT2D eigenvalue weighted by Crippen LogP contribution is -1.99. The molecule has 3 aromatic heterocycles. The predicted molar refractivity (Wildman–Crippen MR) is 144 cm³/mol. The van der Waals surface area contributed by atoms with E-state index in [4.69, 9.17) is 13.9 Å². The van der Waals surface area contributed by atoms with E-state index in [9.17, 15) is 0 Å². The third-order valence-electron chi connectivity index (χ3n) is 7.26. The van der Waals surface area contributed by atoms with Crippen LogP contribution in [-0.4, -0.2) is 44.4 Å². The van der Waals surface area contributed by atoms with Gasteiger partial charge in [-0.25, -0.2) is 19.9 Å². The fraction of sp³-hybridized carbons (Fsp3) is 0.267. The molecule has 9 heteroatoms. The van der Waals surface area contributed by atoms with Crippen molar-refractivity contribution >= 4 is 0 Å². The fourth-order valence-electron chi connectivity index (χ4n) is 4.96. The van der Waals surface area contributed by atoms with Gasteiger partial charge in [0.1, 0.15) is 12.7 Å². The van der Waals surface area contributed by atoms with Crippen LogP contribution in [0, 0.1) is 0 Å². The van der Waals surface area contributed by atoms with Gasteiger partial charge in [0.25, 0.3) is 0 Å². The van der Waals surface area contributed by atoms with E-state index in [1.165, 1.54) is 0 Å². The van der Waals surface area contributed by atoms with E-state index in [1.807, 2.05) is 48.5 Å². The molecule has 0 saturated heterocycles. The zero-order valence-corrected chi connectivity index (χ0v) is 21.7. The highest BCUT2D eigenvalue weighted by Gasteiger charge is 2.31. The van der Waals surface area contributed by atoms with Gasteiger partial charge in [0.15, 0.2) is 0 Å². The second-order valence-electron chi connectivity index (χ2n) is 9.90. The molecule has 2 aliphatic rings. The summed E-state index contributed by atoms with van der Waals surface area (Å²) in [5.41, 5.74) is 7.65. The minimum Gasteiger partial charge on any atom is -0.480 e. The maximum absolute atomic E-state index is 6.06. The molecular formula is C30H26N6O3. The Balaban J connectivity index is 1.15. The number of nitrogens with zero attached hydrogens (tertiary/aromatic N) is 6. The summed E-state index contributed by atoms with van der Waals surface area (Å²) in [6.45, 7) is 0. The first kappa shape index (κ1) is 23.5. The Morgan fingerprint density at radius 3 is 1.31 bits per heavy atom. The molecule has 0 spiro atoms. The molecule has 2 fully saturated rings. The van der Waals surface area contributed by atoms with Crippen LogP contribution < -0.4 is 9.47 Å². The van der Waals surface area contributed by atoms with Crippen LogP contribution in [0.1, 0.15) is 48.9 Å². The molecule has 0 atom stereocenters. The van der Waals surface area contributed by atoms with Gasteiger partial charge in [0.2, 0.25) is 23.5 Å². The molecule has 194 valence electrons. The number of aromatic nitrogens is 6. The predicted octanol–water partition coefficient (Wildman–Crippen LogP) is 6.09. The first-order valence-corrected chi connectivity index (χ1v) is 13.1. The molecule has 0 unspecified atom stereocenters. The Morgan fingerprint density at radius 1 is 0.564 bits per heavy atom. The number of benzene rings is 2. The van der Waals surface area contributed by atoms with Crippen LogP contribution in [-0.2, 0) is 0 Å². The molecule has 2 aromatic carbocycles. The summed E-state index contributed by atoms with van der Waals surface area (Å²) in [6, 6.07) is 16.0. The maximum Gasteiger partial charge on any atom is 0.248 e. The molecule has 0 N–H and O–H groups in total. The van der Waals surface area contributed by atoms with Crippen LogP contribution in [0.25, 0.3) is 45.2 Å². The second-order valence-corrected chi connectivity index (χ2v) is 9.90. The summed E-state index contributed by atoms with van der Waals surface area (Å²) in [5.74, 6) is 3.02. The average Bonchev–Trinajstić information content (AvgIpc) is 3.94. The van der Waals surface area contributed by atoms with Crippen molar-refractivity contribution in [1.82, 2.24) is 30.1 Å². The van der Waals surface area contributed by atoms with E-state index in [-0.39, 0.29) is 0 Å². The molecular weight excluding hydrogens is 492 g/mol. The zero-order chi connectivity index (χ0) is 26.3. The van der Waals surface area contributed by atoms with Crippen molar-refractivity contribution in [1.29, 1.82) is 0 Å². The molecule has 0 aliphatic heterocycles. The lowest BCUT2D eigenvalue weighted by atomic mass is 10.0. The third-order valence-corrected chi connectivity index (χ3v) is 7.26. The van der Waals surface area contributed by atoms with Crippen LogP contribution in [0.5, 0.6) is 11.8 Å². The molecule has 0 amide bonds. The van der Waals surface area contributed by atoms with E-state index in [0.717, 1.165) is 70.5 Å². The smallest absolute Gasteiger partial charge is 0.248 e. The van der Waals surface area contributed by atoms with Gasteiger partial charge in [0.05, 0.1) is 36.7 Å². The topological polar surface area (TPSA) is 109 Å². The summed E-state index contributed by atoms with van der Waals surface area (Å²) in [5, 5.41) is 8.60. The first-order chi connectivity index (χ1) is 19.2. The molecule has 39 heavy (non-hydrogen) atoms. The fourth-order valence-corrected chi connectivity index (χ4v) is 4.96. The van der Waals surface area contributed by atoms with Crippen LogP contribution in [0.3, 0.4) is 0 Å². The van der Waals surface area contributed by atoms with Crippen molar-refractivity contribution in [2.45, 2.75) is 37.5 Å². The van der Waals surface area contributed by atoms with Gasteiger partial charge in [-0.2, -0.15) is 0 Å². The van der Waals surface area contributed by atoms with Crippen molar-refractivity contribution in [3.63, 3.8) is 0 Å². The zero-order valence-electron chi connectivity index (χ0n) is 21.7. The van der Waals surface area contributed by atoms with E-state index in [0.29, 0.717) is 35.4 Å². The SMILES string of the molecule is COc1ncnc(C2CC2)c1-c1ccc(-c2nnc(-c3ccc(-c4c(OC)ncnc4C4CC4)cc3)o2)cc1. The van der Waals surface area contributed by atoms with Gasteiger partial charge < -0.3 is 13.9 Å². The van der Waals surface area contributed by atoms with E-state index in [1.54, 1.807) is 26.9 Å². The molecule has 2 saturated carbocycles. The summed E-state index contributed by atoms with van der Waals surface area (Å²) < 4.78 is 17.2. The van der Waals surface area contributed by atoms with Gasteiger partial charge >= 0.3 is 0 Å². The number of ether oxygens (including phenoxy) is 2. The minimum atomic E-state index is 0.452. The van der Waals surface area contributed by atoms with Crippen molar-refractivity contribution in [3.05, 3.63) is 72.6 Å². The Kier molecular flexibility index (Phi) is 5.76. The minimum absolute atomic E-state index is 0.452. The van der Waals surface area contributed by atoms with Crippen LogP contribution in [0.15, 0.2) is 65.6 Å². The maximum atomic E-state index is 6.06. The largest absolute Gasteiger partial charge is 0.480 e. The Morgan fingerprint density at radius 2 is 0.949 bits per heavy atom. The van der Waals surface area contributed by atoms with Crippen LogP contribution in [0.4, 0.5) is 0 Å². The molecule has 0 bridgehead atoms. The van der Waals surface area contributed by atoms with E-state index < -0.39 is 0 Å². The molecule has 2 aliphatic carbocycles. The molecule has 3 heterocycles. The van der Waals surface area contributed by atoms with Crippen molar-refractivity contribution in [2.24, 2.45) is 0 Å². The Hall–Kier alpha value is -4.66. The summed E-state index contributed by atoms with van der Waals surface area (Å²) in [7, 11) is 3.28. The molecule has 0 radical (unpaired) electrons. The molecule has 5 aromatic rings. The van der Waals surface area contributed by atoms with Crippen LogP contribution in [0.2, 0.25) is 0 Å². The van der Waals surface area contributed by atoms with Crippen molar-refractivity contribution in [2.75, 3.05) is 14.2 Å². The molecule has 9 nitrogen and oxygen atoms in total. The monoisotopic (exact) mass is 518 g/mol. The quantitative estimate of drug-likeness (QED) is 0.241. The van der Waals surface area contributed by atoms with Gasteiger partial charge in [-0.3, -0.25) is 0 Å². The van der Waals surface area contributed by atoms with E-state index in [2.05, 4.69) is 30.1 Å². The molecule has 7 rings (SSSR count). The van der Waals surface area contributed by atoms with Crippen LogP contribution >= 0.6 is 0 Å². The Bertz CT molecular complexity index is 1520. The third kappa shape index (κ3) is 4.39. The highest BCUT2D eigenvalue weighted by Crippen LogP contribution is 2.47. The highest BCUT2D eigenvalue weighted by molar-refractivity contribution is 5.75. The van der Waals surface area contributed by atoms with Crippen molar-refractivity contribution in [3.8, 4) is 56.9 Å². The standard InChI is InChI=1S/C30H26N6O3/c1-37-29-23(25(19-7-8-19)31-15-33-29)17-3-11-21(12-4-17)27-35-36-28(39-27)22-13-5-18(6-14-22)24-26(20-9-10-20)32-16-34-30(24)38-2/h3-6,11-16,19-20H,7-10H2,1-2H3. The number of hydrogen-bond acceptors (Lipinski definition) is 9. The number of methoxy groups -OCH3 is 2. The van der Waals surface area contributed by atoms with Crippen molar-refractivity contribution < 1.29 is 13.9 Å². The Labute approximate surface area is 225 Å². The van der Waals surface area contributed by atoms with E-state index >= 15 is 0 Å².